The Kier molecular flexibility index (Phi) is 12.6. The summed E-state index contributed by atoms with van der Waals surface area (Å²) in [5, 5.41) is 0. The Hall–Kier alpha value is -4.52. The summed E-state index contributed by atoms with van der Waals surface area (Å²) in [6, 6.07) is 40.8. The number of esters is 2. The van der Waals surface area contributed by atoms with Crippen LogP contribution in [0, 0.1) is 0 Å². The standard InChI is InChI=1S/C36H38N2O4/c39-35(41-25-23-37(27-31-13-5-1-6-14-31)28-32-15-7-2-8-16-32)21-22-36(40)42-26-24-38(29-33-17-9-3-10-18-33)30-34-19-11-4-12-20-34/h1-22H,23-30H2/b22-21+. The molecule has 0 atom stereocenters. The largest absolute Gasteiger partial charge is 0.461 e. The molecule has 0 saturated heterocycles. The highest BCUT2D eigenvalue weighted by Gasteiger charge is 2.11. The molecular formula is C36H38N2O4. The van der Waals surface area contributed by atoms with Gasteiger partial charge in [-0.15, -0.1) is 0 Å². The maximum Gasteiger partial charge on any atom is 0.331 e. The van der Waals surface area contributed by atoms with E-state index in [9.17, 15) is 9.59 Å². The molecule has 0 aliphatic heterocycles. The van der Waals surface area contributed by atoms with Crippen molar-refractivity contribution < 1.29 is 19.1 Å². The number of ether oxygens (including phenoxy) is 2. The molecule has 0 aliphatic carbocycles. The summed E-state index contributed by atoms with van der Waals surface area (Å²) in [4.78, 5) is 29.0. The number of nitrogens with zero attached hydrogens (tertiary/aromatic N) is 2. The van der Waals surface area contributed by atoms with Crippen LogP contribution in [-0.4, -0.2) is 48.0 Å². The molecule has 4 rings (SSSR count). The van der Waals surface area contributed by atoms with Gasteiger partial charge in [0.25, 0.3) is 0 Å². The zero-order chi connectivity index (χ0) is 29.2. The first kappa shape index (κ1) is 30.4. The van der Waals surface area contributed by atoms with Crippen LogP contribution >= 0.6 is 0 Å². The highest BCUT2D eigenvalue weighted by molar-refractivity contribution is 5.91. The molecule has 0 unspecified atom stereocenters. The van der Waals surface area contributed by atoms with E-state index in [-0.39, 0.29) is 13.2 Å². The average molecular weight is 563 g/mol. The highest BCUT2D eigenvalue weighted by Crippen LogP contribution is 2.11. The lowest BCUT2D eigenvalue weighted by molar-refractivity contribution is -0.141. The zero-order valence-electron chi connectivity index (χ0n) is 23.9. The molecule has 0 spiro atoms. The summed E-state index contributed by atoms with van der Waals surface area (Å²) in [5.41, 5.74) is 4.75. The Balaban J connectivity index is 1.21. The number of hydrogen-bond acceptors (Lipinski definition) is 6. The molecule has 6 heteroatoms. The average Bonchev–Trinajstić information content (AvgIpc) is 3.02. The lowest BCUT2D eigenvalue weighted by atomic mass is 10.1. The predicted molar refractivity (Wildman–Crippen MR) is 165 cm³/mol. The van der Waals surface area contributed by atoms with Gasteiger partial charge in [0, 0.05) is 51.4 Å². The fourth-order valence-corrected chi connectivity index (χ4v) is 4.58. The minimum atomic E-state index is -0.568. The Bertz CT molecular complexity index is 1170. The van der Waals surface area contributed by atoms with E-state index in [0.717, 1.165) is 38.3 Å². The minimum Gasteiger partial charge on any atom is -0.461 e. The molecule has 0 aromatic heterocycles. The fourth-order valence-electron chi connectivity index (χ4n) is 4.58. The van der Waals surface area contributed by atoms with E-state index in [1.165, 1.54) is 22.3 Å². The van der Waals surface area contributed by atoms with Gasteiger partial charge in [-0.2, -0.15) is 0 Å². The van der Waals surface area contributed by atoms with Gasteiger partial charge in [-0.25, -0.2) is 9.59 Å². The van der Waals surface area contributed by atoms with Gasteiger partial charge in [-0.3, -0.25) is 9.80 Å². The van der Waals surface area contributed by atoms with Gasteiger partial charge in [0.2, 0.25) is 0 Å². The molecule has 0 fully saturated rings. The van der Waals surface area contributed by atoms with Gasteiger partial charge >= 0.3 is 11.9 Å². The Morgan fingerprint density at radius 2 is 0.714 bits per heavy atom. The molecule has 0 heterocycles. The van der Waals surface area contributed by atoms with Gasteiger partial charge in [-0.1, -0.05) is 121 Å². The van der Waals surface area contributed by atoms with Gasteiger partial charge in [0.15, 0.2) is 0 Å². The quantitative estimate of drug-likeness (QED) is 0.123. The van der Waals surface area contributed by atoms with E-state index in [0.29, 0.717) is 13.1 Å². The lowest BCUT2D eigenvalue weighted by Crippen LogP contribution is -2.28. The monoisotopic (exact) mass is 562 g/mol. The SMILES string of the molecule is O=C(/C=C/C(=O)OCCN(Cc1ccccc1)Cc1ccccc1)OCCN(Cc1ccccc1)Cc1ccccc1. The maximum atomic E-state index is 12.3. The smallest absolute Gasteiger partial charge is 0.331 e. The highest BCUT2D eigenvalue weighted by atomic mass is 16.5. The molecule has 0 aliphatic rings. The van der Waals surface area contributed by atoms with E-state index >= 15 is 0 Å². The van der Waals surface area contributed by atoms with E-state index in [1.807, 2.05) is 72.8 Å². The van der Waals surface area contributed by atoms with Crippen molar-refractivity contribution >= 4 is 11.9 Å². The van der Waals surface area contributed by atoms with Crippen LogP contribution in [0.4, 0.5) is 0 Å². The van der Waals surface area contributed by atoms with Crippen LogP contribution < -0.4 is 0 Å². The van der Waals surface area contributed by atoms with Crippen LogP contribution in [0.5, 0.6) is 0 Å². The molecular weight excluding hydrogens is 524 g/mol. The summed E-state index contributed by atoms with van der Waals surface area (Å²) in [6.07, 6.45) is 2.26. The molecule has 216 valence electrons. The van der Waals surface area contributed by atoms with Crippen molar-refractivity contribution in [1.82, 2.24) is 9.80 Å². The number of carbonyl (C=O) groups is 2. The summed E-state index contributed by atoms with van der Waals surface area (Å²) in [6.45, 7) is 4.50. The lowest BCUT2D eigenvalue weighted by Gasteiger charge is -2.22. The van der Waals surface area contributed by atoms with Crippen LogP contribution in [0.15, 0.2) is 133 Å². The number of carbonyl (C=O) groups excluding carboxylic acids is 2. The first-order valence-electron chi connectivity index (χ1n) is 14.3. The summed E-state index contributed by atoms with van der Waals surface area (Å²) in [7, 11) is 0. The molecule has 0 N–H and O–H groups in total. The fraction of sp³-hybridized carbons (Fsp3) is 0.222. The summed E-state index contributed by atoms with van der Waals surface area (Å²) >= 11 is 0. The second-order valence-electron chi connectivity index (χ2n) is 10.0. The second-order valence-corrected chi connectivity index (χ2v) is 10.0. The molecule has 42 heavy (non-hydrogen) atoms. The first-order chi connectivity index (χ1) is 20.6. The van der Waals surface area contributed by atoms with E-state index in [1.54, 1.807) is 0 Å². The molecule has 0 radical (unpaired) electrons. The third-order valence-electron chi connectivity index (χ3n) is 6.66. The predicted octanol–water partition coefficient (Wildman–Crippen LogP) is 6.03. The van der Waals surface area contributed by atoms with E-state index in [2.05, 4.69) is 58.3 Å². The van der Waals surface area contributed by atoms with Crippen molar-refractivity contribution in [3.8, 4) is 0 Å². The summed E-state index contributed by atoms with van der Waals surface area (Å²) < 4.78 is 10.8. The van der Waals surface area contributed by atoms with Gasteiger partial charge in [-0.05, 0) is 22.3 Å². The number of hydrogen-bond donors (Lipinski definition) is 0. The van der Waals surface area contributed by atoms with Crippen molar-refractivity contribution in [3.63, 3.8) is 0 Å². The van der Waals surface area contributed by atoms with E-state index in [4.69, 9.17) is 9.47 Å². The Labute approximate surface area is 248 Å². The second kappa shape index (κ2) is 17.3. The van der Waals surface area contributed by atoms with Crippen molar-refractivity contribution in [1.29, 1.82) is 0 Å². The topological polar surface area (TPSA) is 59.1 Å². The molecule has 0 bridgehead atoms. The molecule has 4 aromatic carbocycles. The normalized spacial score (nSPS) is 11.2. The van der Waals surface area contributed by atoms with Gasteiger partial charge in [0.05, 0.1) is 0 Å². The van der Waals surface area contributed by atoms with Crippen LogP contribution in [0.1, 0.15) is 22.3 Å². The third kappa shape index (κ3) is 11.5. The Morgan fingerprint density at radius 1 is 0.452 bits per heavy atom. The molecule has 6 nitrogen and oxygen atoms in total. The van der Waals surface area contributed by atoms with Crippen LogP contribution in [-0.2, 0) is 45.2 Å². The van der Waals surface area contributed by atoms with Crippen molar-refractivity contribution in [2.45, 2.75) is 26.2 Å². The third-order valence-corrected chi connectivity index (χ3v) is 6.66. The molecule has 0 saturated carbocycles. The zero-order valence-corrected chi connectivity index (χ0v) is 23.9. The first-order valence-corrected chi connectivity index (χ1v) is 14.3. The Morgan fingerprint density at radius 3 is 0.976 bits per heavy atom. The summed E-state index contributed by atoms with van der Waals surface area (Å²) in [5.74, 6) is -1.14. The van der Waals surface area contributed by atoms with Crippen LogP contribution in [0.2, 0.25) is 0 Å². The minimum absolute atomic E-state index is 0.214. The number of benzene rings is 4. The molecule has 4 aromatic rings. The maximum absolute atomic E-state index is 12.3. The van der Waals surface area contributed by atoms with Gasteiger partial charge < -0.3 is 9.47 Å². The van der Waals surface area contributed by atoms with Crippen LogP contribution in [0.25, 0.3) is 0 Å². The van der Waals surface area contributed by atoms with Crippen molar-refractivity contribution in [3.05, 3.63) is 156 Å². The van der Waals surface area contributed by atoms with E-state index < -0.39 is 11.9 Å². The van der Waals surface area contributed by atoms with Crippen molar-refractivity contribution in [2.75, 3.05) is 26.3 Å². The number of rotatable bonds is 16. The van der Waals surface area contributed by atoms with Crippen LogP contribution in [0.3, 0.4) is 0 Å². The van der Waals surface area contributed by atoms with Crippen molar-refractivity contribution in [2.24, 2.45) is 0 Å². The van der Waals surface area contributed by atoms with Gasteiger partial charge in [0.1, 0.15) is 13.2 Å². The molecule has 0 amide bonds.